The lowest BCUT2D eigenvalue weighted by Gasteiger charge is -2.08. The standard InChI is InChI=1S/C11H12Br2O/c1-2-11(14)10(13)7-8-5-3-4-6-9(8)12/h3-6,10H,2,7H2,1H3. The van der Waals surface area contributed by atoms with Crippen LogP contribution in [0.4, 0.5) is 0 Å². The Balaban J connectivity index is 2.69. The van der Waals surface area contributed by atoms with Gasteiger partial charge in [0.05, 0.1) is 4.83 Å². The third kappa shape index (κ3) is 3.21. The molecule has 0 saturated heterocycles. The molecular formula is C11H12Br2O. The molecule has 1 aromatic rings. The second-order valence-electron chi connectivity index (χ2n) is 3.08. The van der Waals surface area contributed by atoms with Crippen molar-refractivity contribution in [1.82, 2.24) is 0 Å². The molecule has 1 unspecified atom stereocenters. The minimum atomic E-state index is -0.0637. The van der Waals surface area contributed by atoms with Gasteiger partial charge in [-0.3, -0.25) is 4.79 Å². The van der Waals surface area contributed by atoms with Gasteiger partial charge >= 0.3 is 0 Å². The summed E-state index contributed by atoms with van der Waals surface area (Å²) >= 11 is 6.87. The van der Waals surface area contributed by atoms with E-state index in [2.05, 4.69) is 31.9 Å². The predicted molar refractivity (Wildman–Crippen MR) is 65.9 cm³/mol. The van der Waals surface area contributed by atoms with E-state index >= 15 is 0 Å². The number of alkyl halides is 1. The first-order valence-corrected chi connectivity index (χ1v) is 6.26. The van der Waals surface area contributed by atoms with Gasteiger partial charge in [-0.05, 0) is 18.1 Å². The normalized spacial score (nSPS) is 12.5. The quantitative estimate of drug-likeness (QED) is 0.773. The van der Waals surface area contributed by atoms with Crippen LogP contribution < -0.4 is 0 Å². The fourth-order valence-electron chi connectivity index (χ4n) is 1.19. The molecule has 0 spiro atoms. The van der Waals surface area contributed by atoms with Crippen LogP contribution in [0.3, 0.4) is 0 Å². The molecule has 0 N–H and O–H groups in total. The van der Waals surface area contributed by atoms with Gasteiger partial charge in [0.25, 0.3) is 0 Å². The number of hydrogen-bond donors (Lipinski definition) is 0. The smallest absolute Gasteiger partial charge is 0.146 e. The van der Waals surface area contributed by atoms with Crippen LogP contribution in [0.1, 0.15) is 18.9 Å². The Kier molecular flexibility index (Phi) is 4.82. The van der Waals surface area contributed by atoms with E-state index in [-0.39, 0.29) is 10.6 Å². The Morgan fingerprint density at radius 1 is 1.43 bits per heavy atom. The van der Waals surface area contributed by atoms with Crippen molar-refractivity contribution in [3.8, 4) is 0 Å². The van der Waals surface area contributed by atoms with Crippen molar-refractivity contribution < 1.29 is 4.79 Å². The average Bonchev–Trinajstić information content (AvgIpc) is 2.20. The number of halogens is 2. The highest BCUT2D eigenvalue weighted by Crippen LogP contribution is 2.20. The molecule has 0 radical (unpaired) electrons. The van der Waals surface area contributed by atoms with E-state index in [4.69, 9.17) is 0 Å². The molecule has 14 heavy (non-hydrogen) atoms. The summed E-state index contributed by atoms with van der Waals surface area (Å²) in [4.78, 5) is 11.3. The largest absolute Gasteiger partial charge is 0.298 e. The highest BCUT2D eigenvalue weighted by atomic mass is 79.9. The SMILES string of the molecule is CCC(=O)C(Br)Cc1ccccc1Br. The van der Waals surface area contributed by atoms with Gasteiger partial charge in [0.15, 0.2) is 0 Å². The molecule has 1 atom stereocenters. The second-order valence-corrected chi connectivity index (χ2v) is 5.04. The number of ketones is 1. The van der Waals surface area contributed by atoms with Crippen LogP contribution in [0.15, 0.2) is 28.7 Å². The monoisotopic (exact) mass is 318 g/mol. The first kappa shape index (κ1) is 11.9. The summed E-state index contributed by atoms with van der Waals surface area (Å²) in [6, 6.07) is 7.97. The van der Waals surface area contributed by atoms with Crippen molar-refractivity contribution in [1.29, 1.82) is 0 Å². The Bertz CT molecular complexity index is 323. The van der Waals surface area contributed by atoms with E-state index < -0.39 is 0 Å². The topological polar surface area (TPSA) is 17.1 Å². The molecular weight excluding hydrogens is 308 g/mol. The third-order valence-electron chi connectivity index (χ3n) is 2.05. The van der Waals surface area contributed by atoms with Gasteiger partial charge < -0.3 is 0 Å². The van der Waals surface area contributed by atoms with E-state index in [1.165, 1.54) is 0 Å². The van der Waals surface area contributed by atoms with E-state index in [1.807, 2.05) is 31.2 Å². The predicted octanol–water partition coefficient (Wildman–Crippen LogP) is 3.73. The third-order valence-corrected chi connectivity index (χ3v) is 3.66. The summed E-state index contributed by atoms with van der Waals surface area (Å²) in [5.74, 6) is 0.251. The van der Waals surface area contributed by atoms with Gasteiger partial charge in [-0.1, -0.05) is 57.0 Å². The second kappa shape index (κ2) is 5.66. The van der Waals surface area contributed by atoms with E-state index in [0.717, 1.165) is 16.5 Å². The Labute approximate surface area is 101 Å². The fourth-order valence-corrected chi connectivity index (χ4v) is 2.31. The number of Topliss-reactive ketones (excluding diaryl/α,β-unsaturated/α-hetero) is 1. The first-order valence-electron chi connectivity index (χ1n) is 4.55. The molecule has 76 valence electrons. The van der Waals surface area contributed by atoms with Crippen LogP contribution in [0.25, 0.3) is 0 Å². The molecule has 1 aromatic carbocycles. The summed E-state index contributed by atoms with van der Waals surface area (Å²) in [7, 11) is 0. The van der Waals surface area contributed by atoms with Gasteiger partial charge in [-0.2, -0.15) is 0 Å². The maximum atomic E-state index is 11.4. The zero-order valence-corrected chi connectivity index (χ0v) is 11.1. The molecule has 0 fully saturated rings. The van der Waals surface area contributed by atoms with Crippen molar-refractivity contribution in [2.45, 2.75) is 24.6 Å². The first-order chi connectivity index (χ1) is 6.65. The molecule has 3 heteroatoms. The minimum Gasteiger partial charge on any atom is -0.298 e. The summed E-state index contributed by atoms with van der Waals surface area (Å²) in [5.41, 5.74) is 1.16. The van der Waals surface area contributed by atoms with Gasteiger partial charge in [0, 0.05) is 10.9 Å². The summed E-state index contributed by atoms with van der Waals surface area (Å²) in [6.07, 6.45) is 1.33. The molecule has 1 rings (SSSR count). The van der Waals surface area contributed by atoms with E-state index in [9.17, 15) is 4.79 Å². The molecule has 0 amide bonds. The van der Waals surface area contributed by atoms with Gasteiger partial charge in [0.1, 0.15) is 5.78 Å². The van der Waals surface area contributed by atoms with Crippen molar-refractivity contribution in [2.24, 2.45) is 0 Å². The highest BCUT2D eigenvalue weighted by molar-refractivity contribution is 9.10. The van der Waals surface area contributed by atoms with Gasteiger partial charge in [0.2, 0.25) is 0 Å². The van der Waals surface area contributed by atoms with Gasteiger partial charge in [-0.15, -0.1) is 0 Å². The maximum Gasteiger partial charge on any atom is 0.146 e. The molecule has 0 saturated carbocycles. The zero-order chi connectivity index (χ0) is 10.6. The van der Waals surface area contributed by atoms with Crippen LogP contribution in [0.2, 0.25) is 0 Å². The molecule has 0 heterocycles. The summed E-state index contributed by atoms with van der Waals surface area (Å²) < 4.78 is 1.06. The Morgan fingerprint density at radius 3 is 2.64 bits per heavy atom. The maximum absolute atomic E-state index is 11.4. The van der Waals surface area contributed by atoms with Crippen LogP contribution in [-0.2, 0) is 11.2 Å². The van der Waals surface area contributed by atoms with Crippen molar-refractivity contribution in [3.05, 3.63) is 34.3 Å². The summed E-state index contributed by atoms with van der Waals surface area (Å²) in [6.45, 7) is 1.89. The number of rotatable bonds is 4. The molecule has 0 aliphatic carbocycles. The lowest BCUT2D eigenvalue weighted by atomic mass is 10.1. The lowest BCUT2D eigenvalue weighted by molar-refractivity contribution is -0.118. The van der Waals surface area contributed by atoms with E-state index in [0.29, 0.717) is 6.42 Å². The van der Waals surface area contributed by atoms with Crippen molar-refractivity contribution in [2.75, 3.05) is 0 Å². The minimum absolute atomic E-state index is 0.0637. The number of hydrogen-bond acceptors (Lipinski definition) is 1. The van der Waals surface area contributed by atoms with Crippen molar-refractivity contribution >= 4 is 37.6 Å². The lowest BCUT2D eigenvalue weighted by Crippen LogP contribution is -2.15. The molecule has 0 aliphatic rings. The Morgan fingerprint density at radius 2 is 2.07 bits per heavy atom. The van der Waals surface area contributed by atoms with Crippen LogP contribution >= 0.6 is 31.9 Å². The van der Waals surface area contributed by atoms with Crippen LogP contribution in [-0.4, -0.2) is 10.6 Å². The molecule has 0 aliphatic heterocycles. The van der Waals surface area contributed by atoms with Crippen LogP contribution in [0.5, 0.6) is 0 Å². The van der Waals surface area contributed by atoms with Crippen molar-refractivity contribution in [3.63, 3.8) is 0 Å². The van der Waals surface area contributed by atoms with Gasteiger partial charge in [-0.25, -0.2) is 0 Å². The fraction of sp³-hybridized carbons (Fsp3) is 0.364. The zero-order valence-electron chi connectivity index (χ0n) is 7.97. The molecule has 0 aromatic heterocycles. The number of carbonyl (C=O) groups excluding carboxylic acids is 1. The Hall–Kier alpha value is -0.150. The molecule has 0 bridgehead atoms. The van der Waals surface area contributed by atoms with E-state index in [1.54, 1.807) is 0 Å². The number of benzene rings is 1. The molecule has 1 nitrogen and oxygen atoms in total. The number of carbonyl (C=O) groups is 1. The average molecular weight is 320 g/mol. The highest BCUT2D eigenvalue weighted by Gasteiger charge is 2.14. The summed E-state index contributed by atoms with van der Waals surface area (Å²) in [5, 5.41) is 0. The van der Waals surface area contributed by atoms with Crippen LogP contribution in [0, 0.1) is 0 Å².